The van der Waals surface area contributed by atoms with Crippen LogP contribution in [0.4, 0.5) is 0 Å². The van der Waals surface area contributed by atoms with E-state index in [1.807, 2.05) is 18.2 Å². The predicted molar refractivity (Wildman–Crippen MR) is 76.3 cm³/mol. The van der Waals surface area contributed by atoms with Crippen molar-refractivity contribution in [2.24, 2.45) is 0 Å². The Balaban J connectivity index is 2.32. The van der Waals surface area contributed by atoms with Crippen LogP contribution in [-0.4, -0.2) is 0 Å². The Bertz CT molecular complexity index is 599. The molecular formula is C18H14. The fourth-order valence-corrected chi connectivity index (χ4v) is 1.90. The SMILES string of the molecule is C#Cc1cc(C#C)cc(Cc2ccc(C)cc2)c1. The zero-order valence-electron chi connectivity index (χ0n) is 10.4. The summed E-state index contributed by atoms with van der Waals surface area (Å²) in [5, 5.41) is 0. The van der Waals surface area contributed by atoms with Gasteiger partial charge in [0.2, 0.25) is 0 Å². The second-order valence-electron chi connectivity index (χ2n) is 4.37. The molecule has 0 aliphatic carbocycles. The van der Waals surface area contributed by atoms with E-state index in [0.29, 0.717) is 0 Å². The van der Waals surface area contributed by atoms with Gasteiger partial charge in [0, 0.05) is 11.1 Å². The Morgan fingerprint density at radius 1 is 0.833 bits per heavy atom. The highest BCUT2D eigenvalue weighted by Gasteiger charge is 2.00. The summed E-state index contributed by atoms with van der Waals surface area (Å²) in [5.74, 6) is 5.28. The minimum atomic E-state index is 0.840. The highest BCUT2D eigenvalue weighted by Crippen LogP contribution is 2.14. The lowest BCUT2D eigenvalue weighted by Gasteiger charge is -2.05. The molecule has 0 radical (unpaired) electrons. The van der Waals surface area contributed by atoms with Crippen LogP contribution in [-0.2, 0) is 6.42 Å². The van der Waals surface area contributed by atoms with Crippen molar-refractivity contribution in [1.29, 1.82) is 0 Å². The van der Waals surface area contributed by atoms with Crippen molar-refractivity contribution in [2.75, 3.05) is 0 Å². The summed E-state index contributed by atoms with van der Waals surface area (Å²) in [6.07, 6.45) is 11.7. The molecule has 0 nitrogen and oxygen atoms in total. The number of rotatable bonds is 2. The normalized spacial score (nSPS) is 9.50. The third-order valence-corrected chi connectivity index (χ3v) is 2.85. The summed E-state index contributed by atoms with van der Waals surface area (Å²) in [4.78, 5) is 0. The number of benzene rings is 2. The lowest BCUT2D eigenvalue weighted by Crippen LogP contribution is -1.91. The maximum absolute atomic E-state index is 5.44. The lowest BCUT2D eigenvalue weighted by atomic mass is 9.99. The van der Waals surface area contributed by atoms with Crippen LogP contribution in [0.1, 0.15) is 27.8 Å². The first-order chi connectivity index (χ1) is 8.71. The van der Waals surface area contributed by atoms with E-state index >= 15 is 0 Å². The summed E-state index contributed by atoms with van der Waals surface area (Å²) in [6.45, 7) is 2.08. The topological polar surface area (TPSA) is 0 Å². The van der Waals surface area contributed by atoms with Crippen LogP contribution in [0.25, 0.3) is 0 Å². The van der Waals surface area contributed by atoms with Crippen LogP contribution in [0, 0.1) is 31.6 Å². The molecule has 0 heterocycles. The third kappa shape index (κ3) is 2.82. The van der Waals surface area contributed by atoms with Gasteiger partial charge >= 0.3 is 0 Å². The van der Waals surface area contributed by atoms with Gasteiger partial charge in [0.15, 0.2) is 0 Å². The molecule has 0 saturated heterocycles. The van der Waals surface area contributed by atoms with Crippen molar-refractivity contribution in [3.63, 3.8) is 0 Å². The van der Waals surface area contributed by atoms with Crippen LogP contribution in [0.15, 0.2) is 42.5 Å². The molecule has 0 aliphatic heterocycles. The van der Waals surface area contributed by atoms with Gasteiger partial charge in [-0.2, -0.15) is 0 Å². The van der Waals surface area contributed by atoms with E-state index in [1.54, 1.807) is 0 Å². The Labute approximate surface area is 109 Å². The molecule has 86 valence electrons. The molecule has 2 aromatic carbocycles. The van der Waals surface area contributed by atoms with Crippen LogP contribution in [0.2, 0.25) is 0 Å². The molecule has 0 unspecified atom stereocenters. The van der Waals surface area contributed by atoms with E-state index in [0.717, 1.165) is 23.1 Å². The van der Waals surface area contributed by atoms with Gasteiger partial charge in [-0.15, -0.1) is 12.8 Å². The molecule has 0 aliphatic rings. The maximum Gasteiger partial charge on any atom is 0.0257 e. The van der Waals surface area contributed by atoms with Gasteiger partial charge in [0.25, 0.3) is 0 Å². The van der Waals surface area contributed by atoms with E-state index in [1.165, 1.54) is 11.1 Å². The van der Waals surface area contributed by atoms with Gasteiger partial charge in [-0.3, -0.25) is 0 Å². The molecule has 0 fully saturated rings. The van der Waals surface area contributed by atoms with Gasteiger partial charge in [-0.05, 0) is 42.7 Å². The molecule has 0 spiro atoms. The fourth-order valence-electron chi connectivity index (χ4n) is 1.90. The number of hydrogen-bond donors (Lipinski definition) is 0. The zero-order valence-corrected chi connectivity index (χ0v) is 10.4. The molecule has 0 heteroatoms. The highest BCUT2D eigenvalue weighted by molar-refractivity contribution is 5.46. The van der Waals surface area contributed by atoms with Crippen molar-refractivity contribution in [3.8, 4) is 24.7 Å². The Morgan fingerprint density at radius 2 is 1.39 bits per heavy atom. The lowest BCUT2D eigenvalue weighted by molar-refractivity contribution is 1.18. The average molecular weight is 230 g/mol. The summed E-state index contributed by atoms with van der Waals surface area (Å²) in [6, 6.07) is 14.4. The molecule has 18 heavy (non-hydrogen) atoms. The fraction of sp³-hybridized carbons (Fsp3) is 0.111. The molecule has 2 rings (SSSR count). The quantitative estimate of drug-likeness (QED) is 0.692. The first-order valence-corrected chi connectivity index (χ1v) is 5.84. The third-order valence-electron chi connectivity index (χ3n) is 2.85. The molecule has 0 saturated carbocycles. The minimum absolute atomic E-state index is 0.840. The molecule has 0 aromatic heterocycles. The first kappa shape index (κ1) is 12.0. The van der Waals surface area contributed by atoms with Crippen LogP contribution < -0.4 is 0 Å². The summed E-state index contributed by atoms with van der Waals surface area (Å²) < 4.78 is 0. The Hall–Kier alpha value is -2.44. The van der Waals surface area contributed by atoms with Crippen LogP contribution in [0.5, 0.6) is 0 Å². The van der Waals surface area contributed by atoms with Crippen molar-refractivity contribution in [3.05, 3.63) is 70.3 Å². The van der Waals surface area contributed by atoms with Crippen molar-refractivity contribution in [1.82, 2.24) is 0 Å². The summed E-state index contributed by atoms with van der Waals surface area (Å²) in [5.41, 5.74) is 5.36. The van der Waals surface area contributed by atoms with Gasteiger partial charge in [-0.1, -0.05) is 41.7 Å². The maximum atomic E-state index is 5.44. The van der Waals surface area contributed by atoms with Crippen LogP contribution >= 0.6 is 0 Å². The van der Waals surface area contributed by atoms with E-state index in [4.69, 9.17) is 12.8 Å². The van der Waals surface area contributed by atoms with Crippen molar-refractivity contribution in [2.45, 2.75) is 13.3 Å². The van der Waals surface area contributed by atoms with Gasteiger partial charge < -0.3 is 0 Å². The highest BCUT2D eigenvalue weighted by atomic mass is 14.0. The molecule has 0 bridgehead atoms. The monoisotopic (exact) mass is 230 g/mol. The standard InChI is InChI=1S/C18H14/c1-4-15-10-16(5-2)12-18(11-15)13-17-8-6-14(3)7-9-17/h1-2,6-12H,13H2,3H3. The molecule has 0 atom stereocenters. The van der Waals surface area contributed by atoms with Gasteiger partial charge in [0.1, 0.15) is 0 Å². The van der Waals surface area contributed by atoms with Crippen LogP contribution in [0.3, 0.4) is 0 Å². The van der Waals surface area contributed by atoms with E-state index in [2.05, 4.69) is 43.0 Å². The average Bonchev–Trinajstić information content (AvgIpc) is 2.41. The first-order valence-electron chi connectivity index (χ1n) is 5.84. The van der Waals surface area contributed by atoms with Gasteiger partial charge in [-0.25, -0.2) is 0 Å². The van der Waals surface area contributed by atoms with Crippen molar-refractivity contribution < 1.29 is 0 Å². The van der Waals surface area contributed by atoms with E-state index < -0.39 is 0 Å². The smallest absolute Gasteiger partial charge is 0.0257 e. The summed E-state index contributed by atoms with van der Waals surface area (Å²) in [7, 11) is 0. The number of terminal acetylenes is 2. The molecule has 0 amide bonds. The predicted octanol–water partition coefficient (Wildman–Crippen LogP) is 3.55. The minimum Gasteiger partial charge on any atom is -0.115 e. The summed E-state index contributed by atoms with van der Waals surface area (Å²) >= 11 is 0. The number of aryl methyl sites for hydroxylation is 1. The number of hydrogen-bond acceptors (Lipinski definition) is 0. The van der Waals surface area contributed by atoms with E-state index in [-0.39, 0.29) is 0 Å². The second kappa shape index (κ2) is 5.26. The molecule has 2 aromatic rings. The van der Waals surface area contributed by atoms with E-state index in [9.17, 15) is 0 Å². The van der Waals surface area contributed by atoms with Crippen molar-refractivity contribution >= 4 is 0 Å². The largest absolute Gasteiger partial charge is 0.115 e. The van der Waals surface area contributed by atoms with Gasteiger partial charge in [0.05, 0.1) is 0 Å². The zero-order chi connectivity index (χ0) is 13.0. The molecule has 0 N–H and O–H groups in total. The second-order valence-corrected chi connectivity index (χ2v) is 4.37. The Kier molecular flexibility index (Phi) is 3.52. The Morgan fingerprint density at radius 3 is 1.89 bits per heavy atom. The molecular weight excluding hydrogens is 216 g/mol.